The third-order valence-corrected chi connectivity index (χ3v) is 14.7. The minimum Gasteiger partial charge on any atom is -0.432 e. The molecule has 0 aromatic heterocycles. The second-order valence-corrected chi connectivity index (χ2v) is 19.1. The van der Waals surface area contributed by atoms with Crippen LogP contribution in [0.25, 0.3) is 0 Å². The van der Waals surface area contributed by atoms with E-state index in [0.717, 1.165) is 6.42 Å². The van der Waals surface area contributed by atoms with Crippen molar-refractivity contribution in [1.29, 1.82) is 0 Å². The van der Waals surface area contributed by atoms with Gasteiger partial charge in [-0.1, -0.05) is 19.9 Å². The molecule has 5 rings (SSSR count). The maximum atomic E-state index is 14.6. The third kappa shape index (κ3) is 11.9. The molecule has 384 valence electrons. The minimum absolute atomic E-state index is 0.0145. The van der Waals surface area contributed by atoms with E-state index in [1.807, 2.05) is 0 Å². The molecule has 20 unspecified atom stereocenters. The normalized spacial score (nSPS) is 42.0. The predicted molar refractivity (Wildman–Crippen MR) is 220 cm³/mol. The highest BCUT2D eigenvalue weighted by Gasteiger charge is 2.61. The Morgan fingerprint density at radius 1 is 0.727 bits per heavy atom. The summed E-state index contributed by atoms with van der Waals surface area (Å²) in [6, 6.07) is 0. The monoisotopic (exact) mass is 958 g/mol. The van der Waals surface area contributed by atoms with E-state index in [0.29, 0.717) is 50.5 Å². The second kappa shape index (κ2) is 23.5. The second-order valence-electron chi connectivity index (χ2n) is 19.1. The van der Waals surface area contributed by atoms with Crippen molar-refractivity contribution in [2.45, 2.75) is 196 Å². The number of rotatable bonds is 20. The molecular formula is C43H74O23. The van der Waals surface area contributed by atoms with Crippen LogP contribution < -0.4 is 0 Å². The van der Waals surface area contributed by atoms with Gasteiger partial charge in [-0.15, -0.1) is 0 Å². The maximum Gasteiger partial charge on any atom is 0.314 e. The molecule has 14 N–H and O–H groups in total. The number of esters is 1. The molecule has 0 spiro atoms. The number of hydrogen-bond donors (Lipinski definition) is 14. The fourth-order valence-electron chi connectivity index (χ4n) is 10.9. The lowest BCUT2D eigenvalue weighted by atomic mass is 9.45. The van der Waals surface area contributed by atoms with E-state index in [2.05, 4.69) is 13.5 Å². The molecule has 2 aliphatic heterocycles. The number of aliphatic hydroxyl groups excluding tert-OH is 13. The summed E-state index contributed by atoms with van der Waals surface area (Å²) in [4.78, 5) is 14.6. The molecular weight excluding hydrogens is 884 g/mol. The number of aliphatic hydroxyl groups is 14. The van der Waals surface area contributed by atoms with Gasteiger partial charge >= 0.3 is 5.97 Å². The van der Waals surface area contributed by atoms with Crippen molar-refractivity contribution in [2.24, 2.45) is 28.6 Å². The lowest BCUT2D eigenvalue weighted by Gasteiger charge is -2.59. The van der Waals surface area contributed by atoms with E-state index in [1.54, 1.807) is 6.92 Å². The van der Waals surface area contributed by atoms with Gasteiger partial charge in [0.2, 0.25) is 31.5 Å². The lowest BCUT2D eigenvalue weighted by molar-refractivity contribution is -0.368. The van der Waals surface area contributed by atoms with Crippen LogP contribution in [0.3, 0.4) is 0 Å². The average Bonchev–Trinajstić information content (AvgIpc) is 3.43. The number of fused-ring (bicyclic) bond motifs is 3. The highest BCUT2D eigenvalue weighted by molar-refractivity contribution is 5.77. The zero-order valence-corrected chi connectivity index (χ0v) is 37.8. The molecule has 0 radical (unpaired) electrons. The molecule has 0 bridgehead atoms. The summed E-state index contributed by atoms with van der Waals surface area (Å²) >= 11 is 0. The number of ether oxygens (including phenoxy) is 8. The van der Waals surface area contributed by atoms with Crippen molar-refractivity contribution >= 4 is 5.97 Å². The molecule has 3 aliphatic carbocycles. The molecule has 3 saturated carbocycles. The third-order valence-electron chi connectivity index (χ3n) is 14.7. The fraction of sp³-hybridized carbons (Fsp3) is 0.930. The van der Waals surface area contributed by atoms with E-state index < -0.39 is 160 Å². The largest absolute Gasteiger partial charge is 0.432 e. The van der Waals surface area contributed by atoms with Gasteiger partial charge in [0.15, 0.2) is 12.4 Å². The Bertz CT molecular complexity index is 1540. The predicted octanol–water partition coefficient (Wildman–Crippen LogP) is -4.07. The van der Waals surface area contributed by atoms with Gasteiger partial charge in [-0.05, 0) is 94.5 Å². The first kappa shape index (κ1) is 55.3. The molecule has 0 aromatic rings. The number of hydrogen-bond acceptors (Lipinski definition) is 23. The molecule has 0 aromatic carbocycles. The molecule has 2 heterocycles. The van der Waals surface area contributed by atoms with Crippen LogP contribution in [0, 0.1) is 28.6 Å². The SMILES string of the molecule is C=C1CC2CCC3[C@](C)(C(=O)OC4OC(CO)C(O)C(O)C4OC4OC(CO)C(O)C(O)C4O)CCC[C@@]3(C)[C@@H]2CCC1OC(OC(CO)C(C)O)C(O)OC(OC(CO)C(C)O)C(O)O. The van der Waals surface area contributed by atoms with E-state index >= 15 is 0 Å². The van der Waals surface area contributed by atoms with Crippen LogP contribution in [-0.4, -0.2) is 221 Å². The maximum absolute atomic E-state index is 14.6. The molecule has 66 heavy (non-hydrogen) atoms. The topological polar surface area (TPSA) is 374 Å². The van der Waals surface area contributed by atoms with Crippen molar-refractivity contribution in [1.82, 2.24) is 0 Å². The zero-order chi connectivity index (χ0) is 49.0. The van der Waals surface area contributed by atoms with Crippen molar-refractivity contribution in [3.63, 3.8) is 0 Å². The minimum atomic E-state index is -2.37. The van der Waals surface area contributed by atoms with Crippen LogP contribution in [0.5, 0.6) is 0 Å². The summed E-state index contributed by atoms with van der Waals surface area (Å²) in [5.74, 6) is -0.945. The van der Waals surface area contributed by atoms with E-state index in [1.165, 1.54) is 13.8 Å². The van der Waals surface area contributed by atoms with Gasteiger partial charge < -0.3 is 109 Å². The number of carbonyl (C=O) groups excluding carboxylic acids is 1. The van der Waals surface area contributed by atoms with E-state index in [9.17, 15) is 76.3 Å². The van der Waals surface area contributed by atoms with Gasteiger partial charge in [0.25, 0.3) is 0 Å². The average molecular weight is 959 g/mol. The van der Waals surface area contributed by atoms with Gasteiger partial charge in [-0.3, -0.25) is 4.79 Å². The van der Waals surface area contributed by atoms with Crippen molar-refractivity contribution in [3.8, 4) is 0 Å². The molecule has 0 amide bonds. The summed E-state index contributed by atoms with van der Waals surface area (Å²) in [6.45, 7) is 7.83. The van der Waals surface area contributed by atoms with Gasteiger partial charge in [0.05, 0.1) is 50.2 Å². The van der Waals surface area contributed by atoms with Crippen LogP contribution in [-0.2, 0) is 42.7 Å². The van der Waals surface area contributed by atoms with Crippen LogP contribution in [0.15, 0.2) is 12.2 Å². The molecule has 2 saturated heterocycles. The van der Waals surface area contributed by atoms with Crippen molar-refractivity contribution < 1.29 is 114 Å². The Morgan fingerprint density at radius 3 is 1.86 bits per heavy atom. The lowest BCUT2D eigenvalue weighted by Crippen LogP contribution is -2.65. The van der Waals surface area contributed by atoms with Crippen molar-refractivity contribution in [2.75, 3.05) is 26.4 Å². The summed E-state index contributed by atoms with van der Waals surface area (Å²) < 4.78 is 45.9. The van der Waals surface area contributed by atoms with Gasteiger partial charge in [-0.2, -0.15) is 0 Å². The Hall–Kier alpha value is -1.63. The Labute approximate surface area is 383 Å². The van der Waals surface area contributed by atoms with Gasteiger partial charge in [0, 0.05) is 0 Å². The summed E-state index contributed by atoms with van der Waals surface area (Å²) in [5.41, 5.74) is -0.998. The van der Waals surface area contributed by atoms with Crippen molar-refractivity contribution in [3.05, 3.63) is 12.2 Å². The van der Waals surface area contributed by atoms with E-state index in [4.69, 9.17) is 37.9 Å². The van der Waals surface area contributed by atoms with Gasteiger partial charge in [0.1, 0.15) is 54.9 Å². The van der Waals surface area contributed by atoms with E-state index in [-0.39, 0.29) is 17.8 Å². The quantitative estimate of drug-likeness (QED) is 0.0314. The van der Waals surface area contributed by atoms with Gasteiger partial charge in [-0.25, -0.2) is 0 Å². The molecule has 23 heteroatoms. The Balaban J connectivity index is 1.34. The molecule has 5 fully saturated rings. The fourth-order valence-corrected chi connectivity index (χ4v) is 10.9. The van der Waals surface area contributed by atoms with Crippen LogP contribution >= 0.6 is 0 Å². The Kier molecular flexibility index (Phi) is 19.7. The zero-order valence-electron chi connectivity index (χ0n) is 37.8. The van der Waals surface area contributed by atoms with Crippen LogP contribution in [0.2, 0.25) is 0 Å². The summed E-state index contributed by atoms with van der Waals surface area (Å²) in [7, 11) is 0. The summed E-state index contributed by atoms with van der Waals surface area (Å²) in [6.07, 6.45) is -27.2. The first-order chi connectivity index (χ1) is 31.1. The summed E-state index contributed by atoms with van der Waals surface area (Å²) in [5, 5.41) is 144. The first-order valence-corrected chi connectivity index (χ1v) is 22.8. The molecule has 23 nitrogen and oxygen atoms in total. The highest BCUT2D eigenvalue weighted by atomic mass is 16.8. The standard InChI is InChI=1S/C43H74O23/c1-18-13-21-7-10-28-42(4,22(21)8-9-23(18)59-40(61-25(15-45)20(3)49)36(57)65-39(35(55)56)60-24(14-44)19(2)48)11-6-12-43(28,5)41(58)66-38-34(32(53)30(51)27(17-47)63-38)64-37-33(54)31(52)29(50)26(16-46)62-37/h19-40,44-57H,1,6-17H2,2-5H3/t19?,20?,21?,22-,23?,24?,25?,26?,27?,28?,29?,30?,31?,32?,33?,34?,36?,37?,38?,39?,40?,42+,43-/m1/s1. The molecule has 23 atom stereocenters. The highest BCUT2D eigenvalue weighted by Crippen LogP contribution is 2.64. The van der Waals surface area contributed by atoms with Crippen LogP contribution in [0.4, 0.5) is 0 Å². The Morgan fingerprint density at radius 2 is 1.30 bits per heavy atom. The molecule has 5 aliphatic rings. The smallest absolute Gasteiger partial charge is 0.314 e. The van der Waals surface area contributed by atoms with Crippen LogP contribution in [0.1, 0.15) is 79.1 Å². The number of carbonyl (C=O) groups is 1. The first-order valence-electron chi connectivity index (χ1n) is 22.8.